The average molecular weight is 389 g/mol. The first-order chi connectivity index (χ1) is 13.3. The Morgan fingerprint density at radius 2 is 1.64 bits per heavy atom. The lowest BCUT2D eigenvalue weighted by atomic mass is 9.84. The van der Waals surface area contributed by atoms with Crippen molar-refractivity contribution in [1.82, 2.24) is 10.0 Å². The van der Waals surface area contributed by atoms with Crippen LogP contribution >= 0.6 is 0 Å². The van der Waals surface area contributed by atoms with Gasteiger partial charge in [0, 0.05) is 24.9 Å². The summed E-state index contributed by atoms with van der Waals surface area (Å²) in [6, 6.07) is 0. The van der Waals surface area contributed by atoms with Gasteiger partial charge in [0.05, 0.1) is 0 Å². The van der Waals surface area contributed by atoms with E-state index in [1.807, 2.05) is 26.0 Å². The summed E-state index contributed by atoms with van der Waals surface area (Å²) in [6.07, 6.45) is 13.0. The second-order valence-corrected chi connectivity index (χ2v) is 7.90. The van der Waals surface area contributed by atoms with Gasteiger partial charge < -0.3 is 0 Å². The molecule has 0 spiro atoms. The smallest absolute Gasteiger partial charge is 0.288 e. The van der Waals surface area contributed by atoms with Crippen LogP contribution in [0.25, 0.3) is 0 Å². The lowest BCUT2D eigenvalue weighted by molar-refractivity contribution is -0.172. The van der Waals surface area contributed by atoms with E-state index in [0.29, 0.717) is 25.9 Å². The number of ketones is 1. The van der Waals surface area contributed by atoms with Crippen LogP contribution in [0.4, 0.5) is 0 Å². The molecule has 0 atom stereocenters. The van der Waals surface area contributed by atoms with Crippen molar-refractivity contribution in [3.05, 3.63) is 36.5 Å². The van der Waals surface area contributed by atoms with E-state index in [0.717, 1.165) is 32.1 Å². The zero-order valence-corrected chi connectivity index (χ0v) is 18.0. The summed E-state index contributed by atoms with van der Waals surface area (Å²) in [7, 11) is 0. The maximum absolute atomic E-state index is 12.7. The maximum atomic E-state index is 12.7. The molecule has 5 heteroatoms. The highest BCUT2D eigenvalue weighted by Gasteiger charge is 2.38. The van der Waals surface area contributed by atoms with Crippen molar-refractivity contribution >= 4 is 17.6 Å². The summed E-state index contributed by atoms with van der Waals surface area (Å²) in [6.45, 7) is 12.1. The Balaban J connectivity index is 2.66. The monoisotopic (exact) mass is 388 g/mol. The lowest BCUT2D eigenvalue weighted by Gasteiger charge is -2.39. The van der Waals surface area contributed by atoms with E-state index in [1.54, 1.807) is 19.9 Å². The largest absolute Gasteiger partial charge is 0.309 e. The third kappa shape index (κ3) is 6.77. The van der Waals surface area contributed by atoms with Crippen LogP contribution in [0.3, 0.4) is 0 Å². The molecular weight excluding hydrogens is 352 g/mol. The minimum Gasteiger partial charge on any atom is -0.288 e. The topological polar surface area (TPSA) is 57.7 Å². The molecule has 1 fully saturated rings. The van der Waals surface area contributed by atoms with Crippen LogP contribution in [0.2, 0.25) is 0 Å². The first-order valence-electron chi connectivity index (χ1n) is 10.4. The van der Waals surface area contributed by atoms with Crippen LogP contribution in [0.15, 0.2) is 36.5 Å². The molecule has 1 aliphatic heterocycles. The third-order valence-corrected chi connectivity index (χ3v) is 5.32. The van der Waals surface area contributed by atoms with Crippen LogP contribution < -0.4 is 0 Å². The van der Waals surface area contributed by atoms with Gasteiger partial charge in [-0.3, -0.25) is 19.4 Å². The minimum atomic E-state index is -0.704. The number of carbonyl (C=O) groups excluding carboxylic acids is 3. The Labute approximate surface area is 170 Å². The number of allylic oxidation sites excluding steroid dienone is 5. The Hall–Kier alpha value is -2.17. The van der Waals surface area contributed by atoms with Gasteiger partial charge in [-0.2, -0.15) is 0 Å². The first kappa shape index (κ1) is 23.9. The van der Waals surface area contributed by atoms with Crippen molar-refractivity contribution in [1.29, 1.82) is 0 Å². The minimum absolute atomic E-state index is 0.0737. The fraction of sp³-hybridized carbons (Fsp3) is 0.609. The van der Waals surface area contributed by atoms with E-state index < -0.39 is 17.1 Å². The highest BCUT2D eigenvalue weighted by atomic mass is 16.2. The van der Waals surface area contributed by atoms with Crippen LogP contribution in [0.1, 0.15) is 72.6 Å². The Bertz CT molecular complexity index is 632. The van der Waals surface area contributed by atoms with E-state index in [1.165, 1.54) is 15.6 Å². The number of hydrazine groups is 1. The van der Waals surface area contributed by atoms with Gasteiger partial charge in [-0.15, -0.1) is 0 Å². The van der Waals surface area contributed by atoms with Gasteiger partial charge in [0.15, 0.2) is 0 Å². The zero-order chi connectivity index (χ0) is 21.2. The molecule has 0 N–H and O–H groups in total. The predicted molar refractivity (Wildman–Crippen MR) is 113 cm³/mol. The van der Waals surface area contributed by atoms with Gasteiger partial charge in [0.25, 0.3) is 0 Å². The molecule has 1 heterocycles. The third-order valence-electron chi connectivity index (χ3n) is 5.32. The van der Waals surface area contributed by atoms with Gasteiger partial charge in [-0.05, 0) is 51.0 Å². The molecule has 0 aromatic heterocycles. The highest BCUT2D eigenvalue weighted by Crippen LogP contribution is 2.24. The Morgan fingerprint density at radius 3 is 2.21 bits per heavy atom. The highest BCUT2D eigenvalue weighted by molar-refractivity contribution is 6.37. The molecule has 0 aromatic rings. The molecule has 0 bridgehead atoms. The van der Waals surface area contributed by atoms with Crippen LogP contribution in [0.5, 0.6) is 0 Å². The van der Waals surface area contributed by atoms with Gasteiger partial charge in [-0.25, -0.2) is 5.01 Å². The Morgan fingerprint density at radius 1 is 1.04 bits per heavy atom. The number of hydrogen-bond acceptors (Lipinski definition) is 3. The number of Topliss-reactive ketones (excluding diaryl/α,β-unsaturated/α-hetero) is 1. The Kier molecular flexibility index (Phi) is 9.91. The molecule has 28 heavy (non-hydrogen) atoms. The molecule has 1 aliphatic rings. The van der Waals surface area contributed by atoms with Crippen LogP contribution in [0, 0.1) is 5.41 Å². The van der Waals surface area contributed by atoms with E-state index in [4.69, 9.17) is 0 Å². The van der Waals surface area contributed by atoms with E-state index in [2.05, 4.69) is 12.7 Å². The van der Waals surface area contributed by atoms with Gasteiger partial charge in [0.1, 0.15) is 0 Å². The van der Waals surface area contributed by atoms with Crippen molar-refractivity contribution in [2.24, 2.45) is 5.41 Å². The number of unbranched alkanes of at least 4 members (excludes halogenated alkanes) is 1. The molecule has 0 aliphatic carbocycles. The lowest BCUT2D eigenvalue weighted by Crippen LogP contribution is -2.56. The molecule has 5 nitrogen and oxygen atoms in total. The van der Waals surface area contributed by atoms with Crippen molar-refractivity contribution in [2.45, 2.75) is 72.6 Å². The molecule has 0 unspecified atom stereocenters. The summed E-state index contributed by atoms with van der Waals surface area (Å²) in [5.41, 5.74) is 0.483. The summed E-state index contributed by atoms with van der Waals surface area (Å²) in [5, 5.41) is 2.89. The molecule has 156 valence electrons. The maximum Gasteiger partial charge on any atom is 0.309 e. The summed E-state index contributed by atoms with van der Waals surface area (Å²) in [5.74, 6) is -1.04. The zero-order valence-electron chi connectivity index (χ0n) is 18.0. The van der Waals surface area contributed by atoms with Gasteiger partial charge >= 0.3 is 5.91 Å². The fourth-order valence-corrected chi connectivity index (χ4v) is 3.12. The molecular formula is C23H36N2O3. The molecule has 0 aromatic carbocycles. The fourth-order valence-electron chi connectivity index (χ4n) is 3.12. The van der Waals surface area contributed by atoms with E-state index in [9.17, 15) is 14.4 Å². The number of nitrogens with zero attached hydrogens (tertiary/aromatic N) is 2. The molecule has 0 saturated carbocycles. The summed E-state index contributed by atoms with van der Waals surface area (Å²) >= 11 is 0. The standard InChI is InChI=1S/C23H36N2O3/c1-6-13-19(14-7-2)15-9-10-16-20(26)24-17-11-12-18-25(24)22(28)21(27)23(4,5)8-3/h6-7,13-14H,1,8-12,15-18H2,2-5H3/b14-7-,19-13+. The van der Waals surface area contributed by atoms with Gasteiger partial charge in [0.2, 0.25) is 11.7 Å². The first-order valence-corrected chi connectivity index (χ1v) is 10.4. The number of rotatable bonds is 10. The second-order valence-electron chi connectivity index (χ2n) is 7.90. The van der Waals surface area contributed by atoms with Crippen molar-refractivity contribution in [2.75, 3.05) is 13.1 Å². The van der Waals surface area contributed by atoms with E-state index >= 15 is 0 Å². The van der Waals surface area contributed by atoms with E-state index in [-0.39, 0.29) is 5.91 Å². The summed E-state index contributed by atoms with van der Waals surface area (Å²) in [4.78, 5) is 38.0. The molecule has 1 saturated heterocycles. The van der Waals surface area contributed by atoms with Crippen molar-refractivity contribution in [3.8, 4) is 0 Å². The van der Waals surface area contributed by atoms with Crippen molar-refractivity contribution < 1.29 is 14.4 Å². The second kappa shape index (κ2) is 11.6. The quantitative estimate of drug-likeness (QED) is 0.312. The van der Waals surface area contributed by atoms with Gasteiger partial charge in [-0.1, -0.05) is 51.7 Å². The van der Waals surface area contributed by atoms with Crippen molar-refractivity contribution in [3.63, 3.8) is 0 Å². The number of hydrogen-bond donors (Lipinski definition) is 0. The average Bonchev–Trinajstić information content (AvgIpc) is 2.70. The number of carbonyl (C=O) groups is 3. The number of amides is 2. The normalized spacial score (nSPS) is 15.8. The molecule has 1 rings (SSSR count). The summed E-state index contributed by atoms with van der Waals surface area (Å²) < 4.78 is 0. The SMILES string of the molecule is C=C/C=C(\C=C/C)CCCCC(=O)N1CCCCN1C(=O)C(=O)C(C)(C)CC. The predicted octanol–water partition coefficient (Wildman–Crippen LogP) is 4.61. The van der Waals surface area contributed by atoms with Crippen LogP contribution in [-0.4, -0.2) is 40.7 Å². The molecule has 2 amide bonds. The van der Waals surface area contributed by atoms with Crippen LogP contribution in [-0.2, 0) is 14.4 Å². The molecule has 0 radical (unpaired) electrons.